The quantitative estimate of drug-likeness (QED) is 0.863. The molecule has 19 heavy (non-hydrogen) atoms. The normalized spacial score (nSPS) is 12.8. The van der Waals surface area contributed by atoms with Gasteiger partial charge in [0.2, 0.25) is 10.0 Å². The molecule has 0 saturated heterocycles. The van der Waals surface area contributed by atoms with Crippen LogP contribution in [0.2, 0.25) is 5.02 Å². The fraction of sp³-hybridized carbons (Fsp3) is 0.364. The van der Waals surface area contributed by atoms with E-state index in [2.05, 4.69) is 4.72 Å². The van der Waals surface area contributed by atoms with Gasteiger partial charge in [0, 0.05) is 14.1 Å². The van der Waals surface area contributed by atoms with Crippen LogP contribution in [0.5, 0.6) is 0 Å². The first kappa shape index (κ1) is 15.6. The second-order valence-corrected chi connectivity index (χ2v) is 6.57. The van der Waals surface area contributed by atoms with Gasteiger partial charge in [0.15, 0.2) is 5.25 Å². The van der Waals surface area contributed by atoms with Gasteiger partial charge in [0.25, 0.3) is 0 Å². The predicted molar refractivity (Wildman–Crippen MR) is 75.4 cm³/mol. The summed E-state index contributed by atoms with van der Waals surface area (Å²) < 4.78 is 26.0. The Balaban J connectivity index is 3.21. The molecule has 0 fully saturated rings. The highest BCUT2D eigenvalue weighted by Gasteiger charge is 2.28. The van der Waals surface area contributed by atoms with Crippen molar-refractivity contribution in [2.24, 2.45) is 0 Å². The molecule has 0 amide bonds. The van der Waals surface area contributed by atoms with Gasteiger partial charge in [-0.2, -0.15) is 0 Å². The molecule has 0 bridgehead atoms. The summed E-state index contributed by atoms with van der Waals surface area (Å²) in [4.78, 5) is 12.4. The van der Waals surface area contributed by atoms with Crippen LogP contribution in [0, 0.1) is 0 Å². The number of carboxylic acid groups (broad SMARTS) is 1. The first-order chi connectivity index (χ1) is 8.66. The Morgan fingerprint density at radius 3 is 2.47 bits per heavy atom. The standard InChI is InChI=1S/C11H15ClN2O4S/c1-7(11(15)16)19(17,18)13-9-6-4-5-8(12)10(9)14(2)3/h4-7,13H,1-3H3,(H,15,16). The van der Waals surface area contributed by atoms with Crippen molar-refractivity contribution in [1.29, 1.82) is 0 Å². The summed E-state index contributed by atoms with van der Waals surface area (Å²) in [7, 11) is -0.604. The number of anilines is 2. The van der Waals surface area contributed by atoms with Crippen LogP contribution in [0.15, 0.2) is 18.2 Å². The summed E-state index contributed by atoms with van der Waals surface area (Å²) in [5.41, 5.74) is 0.718. The van der Waals surface area contributed by atoms with Gasteiger partial charge >= 0.3 is 5.97 Å². The van der Waals surface area contributed by atoms with Crippen molar-refractivity contribution in [3.05, 3.63) is 23.2 Å². The van der Waals surface area contributed by atoms with Crippen molar-refractivity contribution in [3.8, 4) is 0 Å². The lowest BCUT2D eigenvalue weighted by atomic mass is 10.2. The van der Waals surface area contributed by atoms with Crippen molar-refractivity contribution in [2.75, 3.05) is 23.7 Å². The summed E-state index contributed by atoms with van der Waals surface area (Å²) >= 11 is 6.00. The molecule has 2 N–H and O–H groups in total. The number of nitrogens with one attached hydrogen (secondary N) is 1. The topological polar surface area (TPSA) is 86.7 Å². The maximum Gasteiger partial charge on any atom is 0.323 e. The molecule has 0 heterocycles. The zero-order valence-corrected chi connectivity index (χ0v) is 12.3. The van der Waals surface area contributed by atoms with E-state index in [0.717, 1.165) is 6.92 Å². The summed E-state index contributed by atoms with van der Waals surface area (Å²) in [6.45, 7) is 1.10. The molecule has 0 spiro atoms. The van der Waals surface area contributed by atoms with Gasteiger partial charge in [-0.1, -0.05) is 17.7 Å². The molecule has 0 aliphatic carbocycles. The van der Waals surface area contributed by atoms with Crippen molar-refractivity contribution >= 4 is 39.0 Å². The lowest BCUT2D eigenvalue weighted by Gasteiger charge is -2.20. The van der Waals surface area contributed by atoms with Crippen LogP contribution in [0.4, 0.5) is 11.4 Å². The Morgan fingerprint density at radius 2 is 2.00 bits per heavy atom. The number of halogens is 1. The average Bonchev–Trinajstić information content (AvgIpc) is 2.26. The average molecular weight is 307 g/mol. The van der Waals surface area contributed by atoms with Crippen LogP contribution < -0.4 is 9.62 Å². The number of aliphatic carboxylic acids is 1. The Kier molecular flexibility index (Phi) is 4.65. The van der Waals surface area contributed by atoms with Gasteiger partial charge in [0.05, 0.1) is 16.4 Å². The molecule has 1 aromatic carbocycles. The first-order valence-electron chi connectivity index (χ1n) is 5.37. The lowest BCUT2D eigenvalue weighted by molar-refractivity contribution is -0.136. The monoisotopic (exact) mass is 306 g/mol. The SMILES string of the molecule is CC(C(=O)O)S(=O)(=O)Nc1cccc(Cl)c1N(C)C. The molecular weight excluding hydrogens is 292 g/mol. The van der Waals surface area contributed by atoms with Crippen LogP contribution in [0.3, 0.4) is 0 Å². The smallest absolute Gasteiger partial charge is 0.323 e. The zero-order chi connectivity index (χ0) is 14.8. The Labute approximate surface area is 117 Å². The molecular formula is C11H15ClN2O4S. The van der Waals surface area contributed by atoms with E-state index in [1.54, 1.807) is 31.1 Å². The summed E-state index contributed by atoms with van der Waals surface area (Å²) in [6.07, 6.45) is 0. The minimum atomic E-state index is -4.02. The van der Waals surface area contributed by atoms with E-state index in [4.69, 9.17) is 16.7 Å². The molecule has 6 nitrogen and oxygen atoms in total. The van der Waals surface area contributed by atoms with E-state index in [1.165, 1.54) is 6.07 Å². The fourth-order valence-electron chi connectivity index (χ4n) is 1.43. The van der Waals surface area contributed by atoms with Crippen LogP contribution in [-0.2, 0) is 14.8 Å². The minimum absolute atomic E-state index is 0.241. The van der Waals surface area contributed by atoms with Gasteiger partial charge in [-0.25, -0.2) is 8.42 Å². The van der Waals surface area contributed by atoms with Crippen LogP contribution >= 0.6 is 11.6 Å². The highest BCUT2D eigenvalue weighted by Crippen LogP contribution is 2.33. The number of hydrogen-bond donors (Lipinski definition) is 2. The largest absolute Gasteiger partial charge is 0.480 e. The first-order valence-corrected chi connectivity index (χ1v) is 7.29. The third kappa shape index (κ3) is 3.51. The summed E-state index contributed by atoms with van der Waals surface area (Å²) in [5.74, 6) is -1.42. The summed E-state index contributed by atoms with van der Waals surface area (Å²) in [6, 6.07) is 4.72. The Morgan fingerprint density at radius 1 is 1.42 bits per heavy atom. The van der Waals surface area contributed by atoms with E-state index >= 15 is 0 Å². The van der Waals surface area contributed by atoms with Crippen molar-refractivity contribution < 1.29 is 18.3 Å². The highest BCUT2D eigenvalue weighted by atomic mass is 35.5. The van der Waals surface area contributed by atoms with Gasteiger partial charge < -0.3 is 10.0 Å². The Bertz CT molecular complexity index is 586. The molecule has 0 aromatic heterocycles. The predicted octanol–water partition coefficient (Wildman–Crippen LogP) is 1.62. The van der Waals surface area contributed by atoms with Crippen LogP contribution in [-0.4, -0.2) is 38.8 Å². The fourth-order valence-corrected chi connectivity index (χ4v) is 2.68. The van der Waals surface area contributed by atoms with Crippen molar-refractivity contribution in [3.63, 3.8) is 0 Å². The number of carbonyl (C=O) groups is 1. The number of carboxylic acids is 1. The molecule has 8 heteroatoms. The lowest BCUT2D eigenvalue weighted by Crippen LogP contribution is -2.32. The molecule has 0 radical (unpaired) electrons. The maximum atomic E-state index is 11.9. The molecule has 1 atom stereocenters. The van der Waals surface area contributed by atoms with Crippen molar-refractivity contribution in [2.45, 2.75) is 12.2 Å². The van der Waals surface area contributed by atoms with E-state index in [1.807, 2.05) is 0 Å². The van der Waals surface area contributed by atoms with Gasteiger partial charge in [-0.15, -0.1) is 0 Å². The number of rotatable bonds is 5. The second kappa shape index (κ2) is 5.66. The molecule has 0 aliphatic heterocycles. The van der Waals surface area contributed by atoms with Gasteiger partial charge in [0.1, 0.15) is 0 Å². The molecule has 1 aromatic rings. The summed E-state index contributed by atoms with van der Waals surface area (Å²) in [5, 5.41) is 7.59. The van der Waals surface area contributed by atoms with E-state index in [0.29, 0.717) is 10.7 Å². The van der Waals surface area contributed by atoms with E-state index < -0.39 is 21.2 Å². The molecule has 106 valence electrons. The van der Waals surface area contributed by atoms with E-state index in [9.17, 15) is 13.2 Å². The van der Waals surface area contributed by atoms with Gasteiger partial charge in [-0.05, 0) is 19.1 Å². The maximum absolute atomic E-state index is 11.9. The Hall–Kier alpha value is -1.47. The molecule has 0 saturated carbocycles. The third-order valence-corrected chi connectivity index (χ3v) is 4.44. The third-order valence-electron chi connectivity index (χ3n) is 2.50. The zero-order valence-electron chi connectivity index (χ0n) is 10.7. The molecule has 1 rings (SSSR count). The highest BCUT2D eigenvalue weighted by molar-refractivity contribution is 7.94. The van der Waals surface area contributed by atoms with Gasteiger partial charge in [-0.3, -0.25) is 9.52 Å². The number of nitrogens with zero attached hydrogens (tertiary/aromatic N) is 1. The number of benzene rings is 1. The number of hydrogen-bond acceptors (Lipinski definition) is 4. The second-order valence-electron chi connectivity index (χ2n) is 4.16. The minimum Gasteiger partial charge on any atom is -0.480 e. The van der Waals surface area contributed by atoms with Crippen LogP contribution in [0.1, 0.15) is 6.92 Å². The van der Waals surface area contributed by atoms with Crippen molar-refractivity contribution in [1.82, 2.24) is 0 Å². The number of para-hydroxylation sites is 1. The molecule has 1 unspecified atom stereocenters. The van der Waals surface area contributed by atoms with Crippen LogP contribution in [0.25, 0.3) is 0 Å². The molecule has 0 aliphatic rings. The van der Waals surface area contributed by atoms with E-state index in [-0.39, 0.29) is 5.69 Å². The number of sulfonamides is 1.